The highest BCUT2D eigenvalue weighted by Crippen LogP contribution is 2.50. The predicted molar refractivity (Wildman–Crippen MR) is 124 cm³/mol. The number of rotatable bonds is 2. The van der Waals surface area contributed by atoms with Crippen LogP contribution in [0.1, 0.15) is 26.9 Å². The highest BCUT2D eigenvalue weighted by Gasteiger charge is 2.59. The van der Waals surface area contributed by atoms with Gasteiger partial charge in [0, 0.05) is 27.1 Å². The van der Waals surface area contributed by atoms with Gasteiger partial charge in [-0.3, -0.25) is 14.9 Å². The summed E-state index contributed by atoms with van der Waals surface area (Å²) in [6.07, 6.45) is -5.66. The second-order valence-corrected chi connectivity index (χ2v) is 9.58. The number of alkyl halides is 2. The third kappa shape index (κ3) is 2.57. The van der Waals surface area contributed by atoms with Gasteiger partial charge in [0.1, 0.15) is 36.6 Å². The first-order valence-corrected chi connectivity index (χ1v) is 11.6. The van der Waals surface area contributed by atoms with E-state index in [-0.39, 0.29) is 16.5 Å². The Balaban J connectivity index is 1.59. The van der Waals surface area contributed by atoms with Crippen molar-refractivity contribution in [3.63, 3.8) is 0 Å². The first kappa shape index (κ1) is 21.2. The molecular formula is C26H15F4N3O4. The number of imide groups is 1. The average molecular weight is 509 g/mol. The molecule has 0 spiro atoms. The molecular weight excluding hydrogens is 494 g/mol. The molecule has 2 amide bonds. The van der Waals surface area contributed by atoms with Gasteiger partial charge < -0.3 is 19.0 Å². The zero-order valence-electron chi connectivity index (χ0n) is 18.7. The summed E-state index contributed by atoms with van der Waals surface area (Å²) >= 11 is 0. The van der Waals surface area contributed by atoms with E-state index in [4.69, 9.17) is 9.47 Å². The van der Waals surface area contributed by atoms with Crippen molar-refractivity contribution >= 4 is 55.4 Å². The second kappa shape index (κ2) is 6.87. The highest BCUT2D eigenvalue weighted by atomic mass is 19.1. The molecule has 5 atom stereocenters. The maximum atomic E-state index is 14.6. The number of aromatic nitrogens is 2. The lowest BCUT2D eigenvalue weighted by Crippen LogP contribution is -2.42. The Morgan fingerprint density at radius 3 is 2.35 bits per heavy atom. The number of hydrogen-bond acceptors (Lipinski definition) is 4. The van der Waals surface area contributed by atoms with Gasteiger partial charge in [0.05, 0.1) is 27.7 Å². The minimum atomic E-state index is -1.65. The first-order valence-electron chi connectivity index (χ1n) is 11.6. The summed E-state index contributed by atoms with van der Waals surface area (Å²) in [5, 5.41) is 3.55. The molecule has 2 N–H and O–H groups in total. The number of epoxide rings is 1. The van der Waals surface area contributed by atoms with E-state index in [0.29, 0.717) is 38.2 Å². The maximum Gasteiger partial charge on any atom is 0.259 e. The molecule has 2 saturated heterocycles. The number of aromatic amines is 1. The number of H-pyrrole nitrogens is 1. The SMILES string of the molecule is O=C1NC(=O)c2c1c1c3cc(F)ccc3[nH]c1c1c2c2cc(F)ccc2n1C1O[C@H](CF)[C@@H](F)[C@H]2O[C@@H]12. The van der Waals surface area contributed by atoms with Crippen LogP contribution in [0.2, 0.25) is 0 Å². The Bertz CT molecular complexity index is 1880. The Morgan fingerprint density at radius 1 is 0.892 bits per heavy atom. The summed E-state index contributed by atoms with van der Waals surface area (Å²) in [6.45, 7) is -1.08. The van der Waals surface area contributed by atoms with Gasteiger partial charge >= 0.3 is 0 Å². The van der Waals surface area contributed by atoms with Gasteiger partial charge in [-0.1, -0.05) is 0 Å². The first-order chi connectivity index (χ1) is 17.9. The molecule has 2 aromatic heterocycles. The number of halogens is 4. The molecule has 5 aromatic rings. The number of nitrogens with zero attached hydrogens (tertiary/aromatic N) is 1. The maximum absolute atomic E-state index is 14.6. The standard InChI is InChI=1S/C26H15F4N3O4/c27-7-14-19(30)22-23(37-22)26(36-14)33-13-4-2-9(29)6-11(13)16-18-17(24(34)32-25(18)35)15-10-5-8(28)1-3-12(10)31-20(15)21(16)33/h1-6,14,19,22-23,26,31H,7H2,(H,32,34,35)/t14-,19-,22-,23-,26?/m1/s1. The van der Waals surface area contributed by atoms with E-state index < -0.39 is 60.8 Å². The third-order valence-electron chi connectivity index (χ3n) is 7.63. The zero-order valence-corrected chi connectivity index (χ0v) is 18.7. The van der Waals surface area contributed by atoms with E-state index >= 15 is 0 Å². The van der Waals surface area contributed by atoms with Crippen LogP contribution in [0.5, 0.6) is 0 Å². The molecule has 3 aliphatic rings. The van der Waals surface area contributed by atoms with Crippen LogP contribution in [0.15, 0.2) is 36.4 Å². The van der Waals surface area contributed by atoms with Crippen molar-refractivity contribution in [2.75, 3.05) is 6.67 Å². The quantitative estimate of drug-likeness (QED) is 0.208. The molecule has 2 fully saturated rings. The van der Waals surface area contributed by atoms with Crippen molar-refractivity contribution in [2.45, 2.75) is 30.7 Å². The molecule has 8 rings (SSSR count). The van der Waals surface area contributed by atoms with Gasteiger partial charge in [0.15, 0.2) is 12.4 Å². The minimum Gasteiger partial charge on any atom is -0.361 e. The van der Waals surface area contributed by atoms with Gasteiger partial charge in [0.2, 0.25) is 0 Å². The largest absolute Gasteiger partial charge is 0.361 e. The Labute approximate surface area is 203 Å². The van der Waals surface area contributed by atoms with Crippen LogP contribution in [0, 0.1) is 11.6 Å². The molecule has 1 unspecified atom stereocenters. The van der Waals surface area contributed by atoms with Crippen molar-refractivity contribution < 1.29 is 36.6 Å². The lowest BCUT2D eigenvalue weighted by molar-refractivity contribution is -0.112. The number of nitrogens with one attached hydrogen (secondary N) is 2. The van der Waals surface area contributed by atoms with Crippen molar-refractivity contribution in [3.05, 3.63) is 59.2 Å². The fourth-order valence-corrected chi connectivity index (χ4v) is 6.08. The zero-order chi connectivity index (χ0) is 25.3. The molecule has 11 heteroatoms. The number of ether oxygens (including phenoxy) is 2. The van der Waals surface area contributed by atoms with E-state index in [9.17, 15) is 27.2 Å². The van der Waals surface area contributed by atoms with Crippen LogP contribution in [0.4, 0.5) is 17.6 Å². The van der Waals surface area contributed by atoms with Crippen LogP contribution in [-0.4, -0.2) is 52.5 Å². The summed E-state index contributed by atoms with van der Waals surface area (Å²) in [7, 11) is 0. The van der Waals surface area contributed by atoms with Gasteiger partial charge in [-0.05, 0) is 36.4 Å². The van der Waals surface area contributed by atoms with E-state index in [2.05, 4.69) is 10.3 Å². The molecule has 186 valence electrons. The van der Waals surface area contributed by atoms with Gasteiger partial charge in [-0.25, -0.2) is 17.6 Å². The molecule has 37 heavy (non-hydrogen) atoms. The summed E-state index contributed by atoms with van der Waals surface area (Å²) in [5.74, 6) is -2.47. The van der Waals surface area contributed by atoms with Crippen molar-refractivity contribution in [2.24, 2.45) is 0 Å². The topological polar surface area (TPSA) is 88.7 Å². The van der Waals surface area contributed by atoms with Crippen molar-refractivity contribution in [1.82, 2.24) is 14.9 Å². The Morgan fingerprint density at radius 2 is 1.59 bits per heavy atom. The number of carbonyl (C=O) groups is 2. The fraction of sp³-hybridized carbons (Fsp3) is 0.231. The lowest BCUT2D eigenvalue weighted by Gasteiger charge is -2.30. The monoisotopic (exact) mass is 509 g/mol. The highest BCUT2D eigenvalue weighted by molar-refractivity contribution is 6.39. The van der Waals surface area contributed by atoms with Gasteiger partial charge in [0.25, 0.3) is 11.8 Å². The number of fused-ring (bicyclic) bond motifs is 11. The van der Waals surface area contributed by atoms with Gasteiger partial charge in [-0.15, -0.1) is 0 Å². The van der Waals surface area contributed by atoms with Crippen molar-refractivity contribution in [1.29, 1.82) is 0 Å². The van der Waals surface area contributed by atoms with E-state index in [1.165, 1.54) is 36.4 Å². The summed E-state index contributed by atoms with van der Waals surface area (Å²) in [5.41, 5.74) is 1.69. The predicted octanol–water partition coefficient (Wildman–Crippen LogP) is 4.56. The molecule has 0 saturated carbocycles. The Hall–Kier alpha value is -3.96. The normalized spacial score (nSPS) is 26.9. The summed E-state index contributed by atoms with van der Waals surface area (Å²) in [4.78, 5) is 29.3. The lowest BCUT2D eigenvalue weighted by atomic mass is 9.96. The fourth-order valence-electron chi connectivity index (χ4n) is 6.08. The molecule has 0 radical (unpaired) electrons. The van der Waals surface area contributed by atoms with Gasteiger partial charge in [-0.2, -0.15) is 0 Å². The van der Waals surface area contributed by atoms with E-state index in [0.717, 1.165) is 0 Å². The number of benzene rings is 3. The van der Waals surface area contributed by atoms with E-state index in [1.54, 1.807) is 4.57 Å². The number of carbonyl (C=O) groups excluding carboxylic acids is 2. The van der Waals surface area contributed by atoms with Crippen molar-refractivity contribution in [3.8, 4) is 0 Å². The molecule has 0 aliphatic carbocycles. The summed E-state index contributed by atoms with van der Waals surface area (Å²) in [6, 6.07) is 7.95. The third-order valence-corrected chi connectivity index (χ3v) is 7.63. The van der Waals surface area contributed by atoms with Crippen LogP contribution in [-0.2, 0) is 9.47 Å². The molecule has 5 heterocycles. The second-order valence-electron chi connectivity index (χ2n) is 9.58. The summed E-state index contributed by atoms with van der Waals surface area (Å²) < 4.78 is 70.2. The average Bonchev–Trinajstić information content (AvgIpc) is 3.40. The molecule has 7 nitrogen and oxygen atoms in total. The smallest absolute Gasteiger partial charge is 0.259 e. The number of amides is 2. The van der Waals surface area contributed by atoms with Crippen LogP contribution < -0.4 is 5.32 Å². The van der Waals surface area contributed by atoms with E-state index in [1.807, 2.05) is 0 Å². The minimum absolute atomic E-state index is 0.0153. The molecule has 3 aliphatic heterocycles. The Kier molecular flexibility index (Phi) is 3.93. The number of hydrogen-bond donors (Lipinski definition) is 2. The van der Waals surface area contributed by atoms with Crippen LogP contribution >= 0.6 is 0 Å². The molecule has 3 aromatic carbocycles. The molecule has 0 bridgehead atoms. The van der Waals surface area contributed by atoms with Crippen LogP contribution in [0.25, 0.3) is 43.6 Å². The van der Waals surface area contributed by atoms with Crippen LogP contribution in [0.3, 0.4) is 0 Å².